The van der Waals surface area contributed by atoms with E-state index in [4.69, 9.17) is 34.4 Å². The van der Waals surface area contributed by atoms with Crippen molar-refractivity contribution in [1.29, 1.82) is 0 Å². The molecule has 498 valence electrons. The maximum absolute atomic E-state index is 11.4. The Hall–Kier alpha value is -6.92. The second-order valence-electron chi connectivity index (χ2n) is 25.3. The molecular weight excluding hydrogens is 1160 g/mol. The number of fused-ring (bicyclic) bond motifs is 2. The molecule has 2 aromatic heterocycles. The van der Waals surface area contributed by atoms with Crippen LogP contribution in [0.3, 0.4) is 0 Å². The molecule has 0 amide bonds. The molecule has 16 nitrogen and oxygen atoms in total. The van der Waals surface area contributed by atoms with Crippen molar-refractivity contribution in [2.45, 2.75) is 164 Å². The van der Waals surface area contributed by atoms with Gasteiger partial charge in [-0.2, -0.15) is 0 Å². The molecular formula is C76H104N6O10. The highest BCUT2D eigenvalue weighted by Gasteiger charge is 2.29. The van der Waals surface area contributed by atoms with Gasteiger partial charge in [0.25, 0.3) is 0 Å². The second-order valence-corrected chi connectivity index (χ2v) is 25.3. The first kappa shape index (κ1) is 70.9. The Morgan fingerprint density at radius 1 is 0.576 bits per heavy atom. The van der Waals surface area contributed by atoms with Gasteiger partial charge in [0.05, 0.1) is 23.2 Å². The molecule has 0 spiro atoms. The summed E-state index contributed by atoms with van der Waals surface area (Å²) in [6.07, 6.45) is 13.5. The highest BCUT2D eigenvalue weighted by Crippen LogP contribution is 2.37. The summed E-state index contributed by atoms with van der Waals surface area (Å²) in [7, 11) is 0. The van der Waals surface area contributed by atoms with E-state index in [2.05, 4.69) is 109 Å². The van der Waals surface area contributed by atoms with Gasteiger partial charge in [-0.05, 0) is 211 Å². The van der Waals surface area contributed by atoms with Gasteiger partial charge in [-0.3, -0.25) is 19.4 Å². The quantitative estimate of drug-likeness (QED) is 0.0512. The summed E-state index contributed by atoms with van der Waals surface area (Å²) in [4.78, 5) is 42.5. The van der Waals surface area contributed by atoms with Gasteiger partial charge < -0.3 is 49.5 Å². The van der Waals surface area contributed by atoms with Crippen molar-refractivity contribution in [2.24, 2.45) is 11.8 Å². The molecule has 3 fully saturated rings. The lowest BCUT2D eigenvalue weighted by Crippen LogP contribution is -2.40. The number of aliphatic hydroxyl groups is 3. The number of para-hydroxylation sites is 1. The fourth-order valence-corrected chi connectivity index (χ4v) is 13.9. The molecule has 0 aliphatic carbocycles. The molecule has 0 radical (unpaired) electrons. The van der Waals surface area contributed by atoms with Crippen LogP contribution in [0, 0.1) is 39.5 Å². The average molecular weight is 1260 g/mol. The van der Waals surface area contributed by atoms with Crippen molar-refractivity contribution in [3.63, 3.8) is 0 Å². The van der Waals surface area contributed by atoms with Crippen LogP contribution >= 0.6 is 0 Å². The molecule has 0 saturated carbocycles. The van der Waals surface area contributed by atoms with E-state index in [1.165, 1.54) is 57.3 Å². The summed E-state index contributed by atoms with van der Waals surface area (Å²) < 4.78 is 18.8. The SMILES string of the molecule is CCCCC(CCO)N1CCc2ccc(COc3c(C)cccc3-c3cccc(N4CCC(C(=O)O)CC4)n3)c(C)c2CC1.CCO.CCO.Cc1ccc(OCc2ccc3c(c2C)CCN(C2CCOCC2)CC3)c(-c2cccc(N3CCC(C(=O)O)CC3)n2)c1. The number of piperidine rings is 2. The predicted octanol–water partition coefficient (Wildman–Crippen LogP) is 12.4. The van der Waals surface area contributed by atoms with E-state index in [0.717, 1.165) is 148 Å². The third kappa shape index (κ3) is 19.1. The zero-order valence-corrected chi connectivity index (χ0v) is 56.0. The number of carbonyl (C=O) groups is 2. The number of ether oxygens (including phenoxy) is 3. The van der Waals surface area contributed by atoms with Gasteiger partial charge in [-0.25, -0.2) is 9.97 Å². The molecule has 4 aromatic carbocycles. The first-order chi connectivity index (χ1) is 44.7. The number of benzene rings is 4. The topological polar surface area (TPSA) is 202 Å². The zero-order chi connectivity index (χ0) is 65.5. The highest BCUT2D eigenvalue weighted by molar-refractivity contribution is 5.73. The minimum absolute atomic E-state index is 0.250. The smallest absolute Gasteiger partial charge is 0.306 e. The van der Waals surface area contributed by atoms with Crippen molar-refractivity contribution >= 4 is 23.6 Å². The molecule has 6 aromatic rings. The fourth-order valence-electron chi connectivity index (χ4n) is 13.9. The largest absolute Gasteiger partial charge is 0.488 e. The Morgan fingerprint density at radius 2 is 1.09 bits per heavy atom. The number of hydrogen-bond donors (Lipinski definition) is 5. The number of hydrogen-bond acceptors (Lipinski definition) is 14. The average Bonchev–Trinajstić information content (AvgIpc) is 1.55. The summed E-state index contributed by atoms with van der Waals surface area (Å²) in [6.45, 7) is 24.9. The van der Waals surface area contributed by atoms with Gasteiger partial charge in [-0.1, -0.05) is 79.9 Å². The number of carboxylic acids is 2. The lowest BCUT2D eigenvalue weighted by Gasteiger charge is -2.33. The van der Waals surface area contributed by atoms with Gasteiger partial charge in [-0.15, -0.1) is 0 Å². The molecule has 1 unspecified atom stereocenters. The van der Waals surface area contributed by atoms with Gasteiger partial charge in [0.1, 0.15) is 36.3 Å². The first-order valence-corrected chi connectivity index (χ1v) is 34.1. The van der Waals surface area contributed by atoms with E-state index in [9.17, 15) is 24.9 Å². The van der Waals surface area contributed by atoms with Crippen LogP contribution in [0.2, 0.25) is 0 Å². The van der Waals surface area contributed by atoms with Crippen LogP contribution in [0.5, 0.6) is 11.5 Å². The Morgan fingerprint density at radius 3 is 1.64 bits per heavy atom. The lowest BCUT2D eigenvalue weighted by molar-refractivity contribution is -0.143. The maximum atomic E-state index is 11.4. The molecule has 1 atom stereocenters. The lowest BCUT2D eigenvalue weighted by atomic mass is 9.94. The summed E-state index contributed by atoms with van der Waals surface area (Å²) >= 11 is 0. The van der Waals surface area contributed by atoms with Crippen molar-refractivity contribution in [3.05, 3.63) is 153 Å². The predicted molar refractivity (Wildman–Crippen MR) is 367 cm³/mol. The Labute approximate surface area is 547 Å². The number of anilines is 2. The van der Waals surface area contributed by atoms with Crippen molar-refractivity contribution in [2.75, 3.05) is 95.2 Å². The number of nitrogens with zero attached hydrogens (tertiary/aromatic N) is 6. The third-order valence-corrected chi connectivity index (χ3v) is 19.3. The summed E-state index contributed by atoms with van der Waals surface area (Å²) in [5.74, 6) is 1.53. The van der Waals surface area contributed by atoms with E-state index < -0.39 is 11.9 Å². The number of aliphatic carboxylic acids is 2. The van der Waals surface area contributed by atoms with E-state index in [-0.39, 0.29) is 31.7 Å². The highest BCUT2D eigenvalue weighted by atomic mass is 16.5. The Kier molecular flexibility index (Phi) is 27.7. The minimum atomic E-state index is -0.700. The molecule has 92 heavy (non-hydrogen) atoms. The third-order valence-electron chi connectivity index (χ3n) is 19.3. The maximum Gasteiger partial charge on any atom is 0.306 e. The second kappa shape index (κ2) is 35.9. The molecule has 3 saturated heterocycles. The molecule has 0 bridgehead atoms. The number of aryl methyl sites for hydroxylation is 2. The summed E-state index contributed by atoms with van der Waals surface area (Å²) in [6, 6.07) is 34.9. The van der Waals surface area contributed by atoms with Gasteiger partial charge >= 0.3 is 11.9 Å². The molecule has 5 aliphatic rings. The summed E-state index contributed by atoms with van der Waals surface area (Å²) in [5.41, 5.74) is 16.9. The standard InChI is InChI=1S/C37H49N3O4.C35H43N3O4.2C2H6O/c1-4-5-9-31(19-24-41)39-20-15-28-13-14-30(27(3)32(28)18-23-39)25-44-36-26(2)8-6-10-33(36)34-11-7-12-35(38-34)40-21-16-29(17-22-40)37(42)43;1-24-6-9-33(31(22-24)32-4-3-5-34(36-32)38-17-11-27(12-18-38)35(39)40)42-23-28-8-7-26-10-16-37(19-13-30(26)25(28)2)29-14-20-41-21-15-29;2*1-2-3/h6-8,10-14,29,31,41H,4-5,9,15-25H2,1-3H3,(H,42,43);3-9,22,27,29H,10-21,23H2,1-2H3,(H,39,40);2*3H,2H2,1H3. The minimum Gasteiger partial charge on any atom is -0.488 e. The van der Waals surface area contributed by atoms with E-state index >= 15 is 0 Å². The monoisotopic (exact) mass is 1260 g/mol. The number of unbranched alkanes of at least 4 members (excludes halogenated alkanes) is 1. The van der Waals surface area contributed by atoms with E-state index in [1.54, 1.807) is 13.8 Å². The summed E-state index contributed by atoms with van der Waals surface area (Å²) in [5, 5.41) is 43.6. The van der Waals surface area contributed by atoms with E-state index in [1.807, 2.05) is 42.5 Å². The van der Waals surface area contributed by atoms with Crippen LogP contribution in [0.4, 0.5) is 11.6 Å². The number of aromatic nitrogens is 2. The first-order valence-electron chi connectivity index (χ1n) is 34.1. The van der Waals surface area contributed by atoms with Crippen LogP contribution < -0.4 is 19.3 Å². The van der Waals surface area contributed by atoms with Crippen LogP contribution in [-0.4, -0.2) is 155 Å². The van der Waals surface area contributed by atoms with Crippen molar-refractivity contribution in [3.8, 4) is 34.0 Å². The fraction of sp³-hybridized carbons (Fsp3) is 0.526. The van der Waals surface area contributed by atoms with Crippen LogP contribution in [0.25, 0.3) is 22.5 Å². The number of pyridine rings is 2. The van der Waals surface area contributed by atoms with Gasteiger partial charge in [0.2, 0.25) is 0 Å². The molecule has 11 rings (SSSR count). The van der Waals surface area contributed by atoms with Crippen LogP contribution in [-0.2, 0) is 53.2 Å². The number of rotatable bonds is 19. The zero-order valence-electron chi connectivity index (χ0n) is 56.0. The van der Waals surface area contributed by atoms with Gasteiger partial charge in [0, 0.05) is 109 Å². The molecule has 5 aliphatic heterocycles. The molecule has 16 heteroatoms. The van der Waals surface area contributed by atoms with E-state index in [0.29, 0.717) is 77.2 Å². The number of carboxylic acid groups (broad SMARTS) is 2. The number of aliphatic hydroxyl groups excluding tert-OH is 3. The van der Waals surface area contributed by atoms with Crippen molar-refractivity contribution in [1.82, 2.24) is 19.8 Å². The molecule has 5 N–H and O–H groups in total. The Balaban J connectivity index is 0.000000218. The van der Waals surface area contributed by atoms with Crippen LogP contribution in [0.15, 0.2) is 97.1 Å². The van der Waals surface area contributed by atoms with Crippen molar-refractivity contribution < 1.29 is 49.3 Å². The Bertz CT molecular complexity index is 3300. The normalized spacial score (nSPS) is 17.0. The molecule has 7 heterocycles. The van der Waals surface area contributed by atoms with Crippen LogP contribution in [0.1, 0.15) is 141 Å². The van der Waals surface area contributed by atoms with Gasteiger partial charge in [0.15, 0.2) is 0 Å².